The van der Waals surface area contributed by atoms with E-state index in [-0.39, 0.29) is 5.75 Å². The summed E-state index contributed by atoms with van der Waals surface area (Å²) in [6.45, 7) is 5.09. The molecule has 0 heterocycles. The van der Waals surface area contributed by atoms with Gasteiger partial charge in [0.1, 0.15) is 5.75 Å². The zero-order chi connectivity index (χ0) is 12.1. The summed E-state index contributed by atoms with van der Waals surface area (Å²) in [5.41, 5.74) is 2.83. The quantitative estimate of drug-likeness (QED) is 0.835. The van der Waals surface area contributed by atoms with Gasteiger partial charge in [-0.25, -0.2) is 0 Å². The average Bonchev–Trinajstić information content (AvgIpc) is 2.24. The molecule has 0 radical (unpaired) electrons. The standard InChI is InChI=1S/C13H20O3/c1-9(2)10-5-11(7-15-3)13(14)12(6-10)8-16-4/h5-6,9,14H,7-8H2,1-4H3. The molecule has 0 bridgehead atoms. The molecule has 0 fully saturated rings. The van der Waals surface area contributed by atoms with E-state index in [1.807, 2.05) is 12.1 Å². The number of hydrogen-bond donors (Lipinski definition) is 1. The highest BCUT2D eigenvalue weighted by atomic mass is 16.5. The Bertz CT molecular complexity index is 318. The second-order valence-electron chi connectivity index (χ2n) is 4.21. The lowest BCUT2D eigenvalue weighted by molar-refractivity contribution is 0.174. The van der Waals surface area contributed by atoms with E-state index in [1.165, 1.54) is 5.56 Å². The molecular weight excluding hydrogens is 204 g/mol. The molecule has 0 saturated heterocycles. The minimum Gasteiger partial charge on any atom is -0.507 e. The highest BCUT2D eigenvalue weighted by Gasteiger charge is 2.11. The van der Waals surface area contributed by atoms with Crippen molar-refractivity contribution in [1.82, 2.24) is 0 Å². The Balaban J connectivity index is 3.16. The van der Waals surface area contributed by atoms with E-state index in [0.29, 0.717) is 19.1 Å². The number of benzene rings is 1. The topological polar surface area (TPSA) is 38.7 Å². The van der Waals surface area contributed by atoms with Crippen LogP contribution < -0.4 is 0 Å². The minimum atomic E-state index is 0.285. The number of methoxy groups -OCH3 is 2. The molecule has 1 N–H and O–H groups in total. The van der Waals surface area contributed by atoms with Crippen LogP contribution in [-0.2, 0) is 22.7 Å². The lowest BCUT2D eigenvalue weighted by Crippen LogP contribution is -1.99. The summed E-state index contributed by atoms with van der Waals surface area (Å²) in [7, 11) is 3.25. The number of phenols is 1. The first kappa shape index (κ1) is 13.0. The van der Waals surface area contributed by atoms with E-state index in [4.69, 9.17) is 9.47 Å². The van der Waals surface area contributed by atoms with Crippen LogP contribution in [0.15, 0.2) is 12.1 Å². The Hall–Kier alpha value is -1.06. The summed E-state index contributed by atoms with van der Waals surface area (Å²) in [6.07, 6.45) is 0. The third kappa shape index (κ3) is 2.97. The first-order valence-electron chi connectivity index (χ1n) is 5.42. The zero-order valence-corrected chi connectivity index (χ0v) is 10.4. The third-order valence-corrected chi connectivity index (χ3v) is 2.56. The lowest BCUT2D eigenvalue weighted by Gasteiger charge is -2.14. The maximum atomic E-state index is 10.00. The van der Waals surface area contributed by atoms with E-state index in [2.05, 4.69) is 13.8 Å². The summed E-state index contributed by atoms with van der Waals surface area (Å²) in [4.78, 5) is 0. The van der Waals surface area contributed by atoms with Gasteiger partial charge in [-0.15, -0.1) is 0 Å². The van der Waals surface area contributed by atoms with E-state index >= 15 is 0 Å². The molecule has 0 amide bonds. The van der Waals surface area contributed by atoms with Crippen LogP contribution in [-0.4, -0.2) is 19.3 Å². The van der Waals surface area contributed by atoms with E-state index < -0.39 is 0 Å². The molecule has 3 heteroatoms. The molecule has 1 aromatic carbocycles. The van der Waals surface area contributed by atoms with E-state index in [1.54, 1.807) is 14.2 Å². The molecule has 0 aromatic heterocycles. The van der Waals surface area contributed by atoms with Crippen LogP contribution in [0.1, 0.15) is 36.5 Å². The molecule has 0 atom stereocenters. The number of phenolic OH excluding ortho intramolecular Hbond substituents is 1. The van der Waals surface area contributed by atoms with Gasteiger partial charge in [0.05, 0.1) is 13.2 Å². The summed E-state index contributed by atoms with van der Waals surface area (Å²) in [5.74, 6) is 0.708. The van der Waals surface area contributed by atoms with Gasteiger partial charge in [-0.3, -0.25) is 0 Å². The SMILES string of the molecule is COCc1cc(C(C)C)cc(COC)c1O. The maximum absolute atomic E-state index is 10.00. The lowest BCUT2D eigenvalue weighted by atomic mass is 9.97. The van der Waals surface area contributed by atoms with E-state index in [0.717, 1.165) is 11.1 Å². The number of rotatable bonds is 5. The minimum absolute atomic E-state index is 0.285. The van der Waals surface area contributed by atoms with Crippen molar-refractivity contribution < 1.29 is 14.6 Å². The molecule has 0 aliphatic heterocycles. The molecule has 0 aliphatic carbocycles. The zero-order valence-electron chi connectivity index (χ0n) is 10.4. The van der Waals surface area contributed by atoms with Crippen LogP contribution >= 0.6 is 0 Å². The fourth-order valence-electron chi connectivity index (χ4n) is 1.65. The van der Waals surface area contributed by atoms with Gasteiger partial charge in [-0.1, -0.05) is 13.8 Å². The molecule has 1 rings (SSSR count). The fourth-order valence-corrected chi connectivity index (χ4v) is 1.65. The van der Waals surface area contributed by atoms with Gasteiger partial charge in [0.25, 0.3) is 0 Å². The average molecular weight is 224 g/mol. The molecule has 0 saturated carbocycles. The maximum Gasteiger partial charge on any atom is 0.126 e. The molecule has 90 valence electrons. The Morgan fingerprint density at radius 3 is 1.81 bits per heavy atom. The van der Waals surface area contributed by atoms with Crippen LogP contribution in [0.3, 0.4) is 0 Å². The number of ether oxygens (including phenoxy) is 2. The van der Waals surface area contributed by atoms with Crippen molar-refractivity contribution in [3.63, 3.8) is 0 Å². The van der Waals surface area contributed by atoms with Crippen LogP contribution in [0, 0.1) is 0 Å². The summed E-state index contributed by atoms with van der Waals surface area (Å²) < 4.78 is 10.2. The van der Waals surface area contributed by atoms with Gasteiger partial charge >= 0.3 is 0 Å². The monoisotopic (exact) mass is 224 g/mol. The Morgan fingerprint density at radius 1 is 1.06 bits per heavy atom. The summed E-state index contributed by atoms with van der Waals surface area (Å²) in [6, 6.07) is 3.98. The van der Waals surface area contributed by atoms with Crippen molar-refractivity contribution in [2.75, 3.05) is 14.2 Å². The van der Waals surface area contributed by atoms with Crippen molar-refractivity contribution in [2.24, 2.45) is 0 Å². The Kier molecular flexibility index (Phi) is 4.77. The van der Waals surface area contributed by atoms with Gasteiger partial charge in [0.2, 0.25) is 0 Å². The molecule has 16 heavy (non-hydrogen) atoms. The predicted octanol–water partition coefficient (Wildman–Crippen LogP) is 2.81. The van der Waals surface area contributed by atoms with Crippen molar-refractivity contribution >= 4 is 0 Å². The van der Waals surface area contributed by atoms with Crippen LogP contribution in [0.5, 0.6) is 5.75 Å². The van der Waals surface area contributed by atoms with Gasteiger partial charge in [-0.2, -0.15) is 0 Å². The van der Waals surface area contributed by atoms with Crippen molar-refractivity contribution in [1.29, 1.82) is 0 Å². The van der Waals surface area contributed by atoms with Crippen molar-refractivity contribution in [2.45, 2.75) is 33.0 Å². The molecule has 0 spiro atoms. The van der Waals surface area contributed by atoms with Gasteiger partial charge < -0.3 is 14.6 Å². The number of hydrogen-bond acceptors (Lipinski definition) is 3. The molecule has 0 aliphatic rings. The third-order valence-electron chi connectivity index (χ3n) is 2.56. The van der Waals surface area contributed by atoms with Crippen molar-refractivity contribution in [3.05, 3.63) is 28.8 Å². The first-order valence-corrected chi connectivity index (χ1v) is 5.42. The first-order chi connectivity index (χ1) is 7.60. The normalized spacial score (nSPS) is 11.1. The molecule has 1 aromatic rings. The Labute approximate surface area is 97.0 Å². The summed E-state index contributed by atoms with van der Waals surface area (Å²) >= 11 is 0. The van der Waals surface area contributed by atoms with Crippen molar-refractivity contribution in [3.8, 4) is 5.75 Å². The second kappa shape index (κ2) is 5.87. The van der Waals surface area contributed by atoms with Gasteiger partial charge in [0, 0.05) is 25.3 Å². The van der Waals surface area contributed by atoms with Crippen LogP contribution in [0.4, 0.5) is 0 Å². The number of aromatic hydroxyl groups is 1. The molecule has 3 nitrogen and oxygen atoms in total. The fraction of sp³-hybridized carbons (Fsp3) is 0.538. The largest absolute Gasteiger partial charge is 0.507 e. The van der Waals surface area contributed by atoms with Gasteiger partial charge in [-0.05, 0) is 23.6 Å². The Morgan fingerprint density at radius 2 is 1.50 bits per heavy atom. The van der Waals surface area contributed by atoms with Gasteiger partial charge in [0.15, 0.2) is 0 Å². The predicted molar refractivity (Wildman–Crippen MR) is 63.6 cm³/mol. The molecule has 0 unspecified atom stereocenters. The second-order valence-corrected chi connectivity index (χ2v) is 4.21. The summed E-state index contributed by atoms with van der Waals surface area (Å²) in [5, 5.41) is 10.00. The van der Waals surface area contributed by atoms with E-state index in [9.17, 15) is 5.11 Å². The van der Waals surface area contributed by atoms with Crippen LogP contribution in [0.2, 0.25) is 0 Å². The highest BCUT2D eigenvalue weighted by Crippen LogP contribution is 2.29. The highest BCUT2D eigenvalue weighted by molar-refractivity contribution is 5.44. The van der Waals surface area contributed by atoms with Crippen LogP contribution in [0.25, 0.3) is 0 Å². The molecular formula is C13H20O3. The smallest absolute Gasteiger partial charge is 0.126 e.